The lowest BCUT2D eigenvalue weighted by molar-refractivity contribution is 0.474. The predicted molar refractivity (Wildman–Crippen MR) is 106 cm³/mol. The topological polar surface area (TPSA) is 67.5 Å². The zero-order chi connectivity index (χ0) is 18.3. The minimum atomic E-state index is -0.102. The maximum atomic E-state index is 13.2. The van der Waals surface area contributed by atoms with Crippen molar-refractivity contribution in [2.24, 2.45) is 5.10 Å². The molecule has 134 valence electrons. The highest BCUT2D eigenvalue weighted by atomic mass is 32.1. The van der Waals surface area contributed by atoms with Crippen LogP contribution in [0.4, 0.5) is 0 Å². The highest BCUT2D eigenvalue weighted by Crippen LogP contribution is 2.33. The number of phenolic OH excluding ortho intramolecular Hbond substituents is 1. The number of benzene rings is 1. The highest BCUT2D eigenvalue weighted by molar-refractivity contribution is 7.18. The van der Waals surface area contributed by atoms with Crippen LogP contribution in [0.1, 0.15) is 47.2 Å². The fourth-order valence-electron chi connectivity index (χ4n) is 3.48. The Bertz CT molecular complexity index is 1080. The van der Waals surface area contributed by atoms with Gasteiger partial charge < -0.3 is 5.11 Å². The molecule has 0 radical (unpaired) electrons. The third kappa shape index (κ3) is 2.84. The number of phenols is 1. The molecular formula is C20H21N3O2S. The summed E-state index contributed by atoms with van der Waals surface area (Å²) in [6.45, 7) is 3.92. The van der Waals surface area contributed by atoms with E-state index >= 15 is 0 Å². The molecule has 2 heterocycles. The molecule has 2 aromatic heterocycles. The van der Waals surface area contributed by atoms with Crippen molar-refractivity contribution in [3.63, 3.8) is 0 Å². The second-order valence-electron chi connectivity index (χ2n) is 6.70. The number of aromatic hydroxyl groups is 1. The van der Waals surface area contributed by atoms with Gasteiger partial charge in [-0.2, -0.15) is 9.78 Å². The number of hydrogen-bond acceptors (Lipinski definition) is 5. The van der Waals surface area contributed by atoms with Crippen molar-refractivity contribution in [1.29, 1.82) is 0 Å². The molecule has 3 aromatic rings. The Balaban J connectivity index is 1.88. The third-order valence-electron chi connectivity index (χ3n) is 4.85. The molecule has 0 fully saturated rings. The second kappa shape index (κ2) is 6.68. The SMILES string of the molecule is CCc1nc2sc3c(c2c(=O)n1N=Cc1cc(C)ccc1O)CCCC3. The molecule has 0 unspecified atom stereocenters. The van der Waals surface area contributed by atoms with Crippen LogP contribution >= 0.6 is 11.3 Å². The van der Waals surface area contributed by atoms with Crippen molar-refractivity contribution in [3.05, 3.63) is 55.9 Å². The van der Waals surface area contributed by atoms with E-state index in [4.69, 9.17) is 4.98 Å². The number of rotatable bonds is 3. The molecule has 0 atom stereocenters. The van der Waals surface area contributed by atoms with E-state index in [1.54, 1.807) is 17.4 Å². The minimum Gasteiger partial charge on any atom is -0.507 e. The molecule has 1 aliphatic carbocycles. The standard InChI is InChI=1S/C20H21N3O2S/c1-3-17-22-19-18(14-6-4-5-7-16(14)26-19)20(25)23(17)21-11-13-10-12(2)8-9-15(13)24/h8-11,24H,3-7H2,1-2H3. The molecule has 1 aliphatic rings. The molecule has 0 saturated carbocycles. The van der Waals surface area contributed by atoms with Gasteiger partial charge in [-0.3, -0.25) is 4.79 Å². The van der Waals surface area contributed by atoms with Gasteiger partial charge >= 0.3 is 0 Å². The summed E-state index contributed by atoms with van der Waals surface area (Å²) in [5.41, 5.74) is 2.67. The Kier molecular flexibility index (Phi) is 4.36. The van der Waals surface area contributed by atoms with Gasteiger partial charge in [-0.05, 0) is 50.3 Å². The van der Waals surface area contributed by atoms with Crippen LogP contribution < -0.4 is 5.56 Å². The van der Waals surface area contributed by atoms with Crippen molar-refractivity contribution in [3.8, 4) is 5.75 Å². The van der Waals surface area contributed by atoms with Crippen LogP contribution in [0.2, 0.25) is 0 Å². The fraction of sp³-hybridized carbons (Fsp3) is 0.350. The first kappa shape index (κ1) is 17.0. The van der Waals surface area contributed by atoms with Crippen LogP contribution in [0.25, 0.3) is 10.2 Å². The van der Waals surface area contributed by atoms with Gasteiger partial charge in [-0.25, -0.2) is 4.98 Å². The van der Waals surface area contributed by atoms with Crippen molar-refractivity contribution in [1.82, 2.24) is 9.66 Å². The average molecular weight is 367 g/mol. The lowest BCUT2D eigenvalue weighted by Gasteiger charge is -2.10. The van der Waals surface area contributed by atoms with Crippen molar-refractivity contribution < 1.29 is 5.11 Å². The molecule has 4 rings (SSSR count). The van der Waals surface area contributed by atoms with Crippen LogP contribution in [0, 0.1) is 6.92 Å². The quantitative estimate of drug-likeness (QED) is 0.716. The van der Waals surface area contributed by atoms with E-state index in [1.807, 2.05) is 26.0 Å². The summed E-state index contributed by atoms with van der Waals surface area (Å²) < 4.78 is 1.39. The maximum absolute atomic E-state index is 13.2. The van der Waals surface area contributed by atoms with Crippen molar-refractivity contribution >= 4 is 27.8 Å². The molecule has 0 bridgehead atoms. The molecule has 0 aliphatic heterocycles. The van der Waals surface area contributed by atoms with Gasteiger partial charge in [0, 0.05) is 16.9 Å². The van der Waals surface area contributed by atoms with Crippen LogP contribution in [0.15, 0.2) is 28.1 Å². The van der Waals surface area contributed by atoms with Crippen LogP contribution in [-0.4, -0.2) is 21.0 Å². The van der Waals surface area contributed by atoms with E-state index in [9.17, 15) is 9.90 Å². The highest BCUT2D eigenvalue weighted by Gasteiger charge is 2.21. The predicted octanol–water partition coefficient (Wildman–Crippen LogP) is 3.80. The summed E-state index contributed by atoms with van der Waals surface area (Å²) in [5.74, 6) is 0.789. The summed E-state index contributed by atoms with van der Waals surface area (Å²) in [7, 11) is 0. The largest absolute Gasteiger partial charge is 0.507 e. The molecule has 0 spiro atoms. The molecule has 1 aromatic carbocycles. The Labute approximate surface area is 155 Å². The monoisotopic (exact) mass is 367 g/mol. The van der Waals surface area contributed by atoms with Gasteiger partial charge in [0.15, 0.2) is 0 Å². The van der Waals surface area contributed by atoms with Crippen LogP contribution in [0.5, 0.6) is 5.75 Å². The Morgan fingerprint density at radius 3 is 2.96 bits per heavy atom. The van der Waals surface area contributed by atoms with E-state index in [0.29, 0.717) is 17.8 Å². The maximum Gasteiger partial charge on any atom is 0.283 e. The smallest absolute Gasteiger partial charge is 0.283 e. The van der Waals surface area contributed by atoms with Crippen molar-refractivity contribution in [2.45, 2.75) is 46.0 Å². The Morgan fingerprint density at radius 1 is 1.35 bits per heavy atom. The van der Waals surface area contributed by atoms with Gasteiger partial charge in [0.25, 0.3) is 5.56 Å². The Hall–Kier alpha value is -2.47. The molecule has 26 heavy (non-hydrogen) atoms. The molecule has 0 amide bonds. The summed E-state index contributed by atoms with van der Waals surface area (Å²) in [6, 6.07) is 5.31. The number of fused-ring (bicyclic) bond motifs is 3. The van der Waals surface area contributed by atoms with Gasteiger partial charge in [0.05, 0.1) is 11.6 Å². The second-order valence-corrected chi connectivity index (χ2v) is 7.78. The van der Waals surface area contributed by atoms with E-state index < -0.39 is 0 Å². The van der Waals surface area contributed by atoms with Gasteiger partial charge in [0.1, 0.15) is 16.4 Å². The number of nitrogens with zero attached hydrogens (tertiary/aromatic N) is 3. The van der Waals surface area contributed by atoms with Crippen LogP contribution in [0.3, 0.4) is 0 Å². The first-order valence-electron chi connectivity index (χ1n) is 8.98. The van der Waals surface area contributed by atoms with Crippen LogP contribution in [-0.2, 0) is 19.3 Å². The van der Waals surface area contributed by atoms with E-state index in [2.05, 4.69) is 5.10 Å². The van der Waals surface area contributed by atoms with Crippen molar-refractivity contribution in [2.75, 3.05) is 0 Å². The average Bonchev–Trinajstić information content (AvgIpc) is 3.01. The molecule has 1 N–H and O–H groups in total. The summed E-state index contributed by atoms with van der Waals surface area (Å²) >= 11 is 1.65. The lowest BCUT2D eigenvalue weighted by atomic mass is 9.97. The van der Waals surface area contributed by atoms with E-state index in [0.717, 1.165) is 35.0 Å². The number of hydrogen-bond donors (Lipinski definition) is 1. The first-order valence-corrected chi connectivity index (χ1v) is 9.80. The fourth-order valence-corrected chi connectivity index (χ4v) is 4.75. The summed E-state index contributed by atoms with van der Waals surface area (Å²) in [5, 5.41) is 15.1. The number of aryl methyl sites for hydroxylation is 4. The number of aromatic nitrogens is 2. The Morgan fingerprint density at radius 2 is 2.15 bits per heavy atom. The zero-order valence-electron chi connectivity index (χ0n) is 15.0. The van der Waals surface area contributed by atoms with Gasteiger partial charge in [-0.15, -0.1) is 11.3 Å². The summed E-state index contributed by atoms with van der Waals surface area (Å²) in [6.07, 6.45) is 6.44. The molecule has 0 saturated heterocycles. The lowest BCUT2D eigenvalue weighted by Crippen LogP contribution is -2.22. The third-order valence-corrected chi connectivity index (χ3v) is 6.03. The van der Waals surface area contributed by atoms with E-state index in [1.165, 1.54) is 27.8 Å². The number of thiophene rings is 1. The molecule has 5 nitrogen and oxygen atoms in total. The normalized spacial score (nSPS) is 14.2. The minimum absolute atomic E-state index is 0.102. The van der Waals surface area contributed by atoms with Gasteiger partial charge in [-0.1, -0.05) is 18.6 Å². The zero-order valence-corrected chi connectivity index (χ0v) is 15.8. The first-order chi connectivity index (χ1) is 12.6. The molecule has 6 heteroatoms. The van der Waals surface area contributed by atoms with Gasteiger partial charge in [0.2, 0.25) is 0 Å². The summed E-state index contributed by atoms with van der Waals surface area (Å²) in [4.78, 5) is 20.0. The molecular weight excluding hydrogens is 346 g/mol. The van der Waals surface area contributed by atoms with E-state index in [-0.39, 0.29) is 11.3 Å².